The summed E-state index contributed by atoms with van der Waals surface area (Å²) >= 11 is 0. The van der Waals surface area contributed by atoms with Gasteiger partial charge >= 0.3 is 0 Å². The molecule has 1 N–H and O–H groups in total. The average Bonchev–Trinajstić information content (AvgIpc) is 3.07. The zero-order chi connectivity index (χ0) is 23.0. The van der Waals surface area contributed by atoms with Crippen LogP contribution in [0, 0.1) is 6.92 Å². The summed E-state index contributed by atoms with van der Waals surface area (Å²) in [6.07, 6.45) is 13.5. The van der Waals surface area contributed by atoms with Gasteiger partial charge in [0, 0.05) is 27.9 Å². The molecule has 3 heteroatoms. The van der Waals surface area contributed by atoms with E-state index in [0.717, 1.165) is 29.8 Å². The van der Waals surface area contributed by atoms with Crippen molar-refractivity contribution in [1.82, 2.24) is 4.98 Å². The lowest BCUT2D eigenvalue weighted by molar-refractivity contribution is -0.883. The number of fused-ring (bicyclic) bond motifs is 3. The lowest BCUT2D eigenvalue weighted by Gasteiger charge is -2.23. The van der Waals surface area contributed by atoms with Crippen molar-refractivity contribution >= 4 is 21.8 Å². The number of rotatable bonds is 14. The van der Waals surface area contributed by atoms with Gasteiger partial charge in [-0.05, 0) is 37.1 Å². The number of nitrogens with one attached hydrogen (secondary N) is 1. The maximum atomic E-state index is 6.18. The minimum Gasteiger partial charge on any atom is -0.493 e. The van der Waals surface area contributed by atoms with Gasteiger partial charge < -0.3 is 14.2 Å². The molecule has 0 atom stereocenters. The Bertz CT molecular complexity index is 980. The lowest BCUT2D eigenvalue weighted by atomic mass is 10.1. The molecule has 1 aromatic heterocycles. The number of hydrogen-bond acceptors (Lipinski definition) is 1. The SMILES string of the molecule is CCCCCCCCCCCCOc1cc2[nH]c3ccc(C[N+](C)(C)C)cc3c2cc1C. The van der Waals surface area contributed by atoms with Crippen molar-refractivity contribution < 1.29 is 9.22 Å². The molecule has 3 rings (SSSR count). The van der Waals surface area contributed by atoms with Gasteiger partial charge in [-0.1, -0.05) is 70.8 Å². The lowest BCUT2D eigenvalue weighted by Crippen LogP contribution is -2.33. The van der Waals surface area contributed by atoms with E-state index in [1.807, 2.05) is 0 Å². The van der Waals surface area contributed by atoms with Crippen LogP contribution in [-0.2, 0) is 6.54 Å². The first-order chi connectivity index (χ1) is 15.4. The molecule has 1 heterocycles. The van der Waals surface area contributed by atoms with Gasteiger partial charge in [0.1, 0.15) is 12.3 Å². The van der Waals surface area contributed by atoms with E-state index in [0.29, 0.717) is 0 Å². The molecule has 0 fully saturated rings. The third-order valence-corrected chi connectivity index (χ3v) is 6.37. The van der Waals surface area contributed by atoms with E-state index in [1.165, 1.54) is 90.7 Å². The second-order valence-electron chi connectivity index (χ2n) is 10.6. The van der Waals surface area contributed by atoms with Crippen molar-refractivity contribution in [3.8, 4) is 5.75 Å². The van der Waals surface area contributed by atoms with E-state index < -0.39 is 0 Å². The minimum atomic E-state index is 0.816. The predicted octanol–water partition coefficient (Wildman–Crippen LogP) is 8.14. The fourth-order valence-electron chi connectivity index (χ4n) is 4.66. The number of benzene rings is 2. The van der Waals surface area contributed by atoms with Gasteiger partial charge in [0.2, 0.25) is 0 Å². The van der Waals surface area contributed by atoms with Gasteiger partial charge in [-0.2, -0.15) is 0 Å². The summed E-state index contributed by atoms with van der Waals surface area (Å²) in [4.78, 5) is 3.59. The quantitative estimate of drug-likeness (QED) is 0.200. The Morgan fingerprint density at radius 3 is 2.03 bits per heavy atom. The Kier molecular flexibility index (Phi) is 9.04. The normalized spacial score (nSPS) is 12.2. The van der Waals surface area contributed by atoms with Crippen LogP contribution < -0.4 is 4.74 Å². The van der Waals surface area contributed by atoms with Crippen LogP contribution >= 0.6 is 0 Å². The Morgan fingerprint density at radius 1 is 0.750 bits per heavy atom. The third-order valence-electron chi connectivity index (χ3n) is 6.37. The van der Waals surface area contributed by atoms with E-state index in [9.17, 15) is 0 Å². The predicted molar refractivity (Wildman–Crippen MR) is 140 cm³/mol. The molecule has 3 aromatic rings. The first-order valence-electron chi connectivity index (χ1n) is 12.9. The summed E-state index contributed by atoms with van der Waals surface area (Å²) in [5.41, 5.74) is 4.98. The third kappa shape index (κ3) is 7.27. The van der Waals surface area contributed by atoms with E-state index in [2.05, 4.69) is 70.3 Å². The molecule has 0 amide bonds. The molecular formula is C29H45N2O+. The highest BCUT2D eigenvalue weighted by Crippen LogP contribution is 2.32. The molecule has 0 saturated heterocycles. The van der Waals surface area contributed by atoms with Gasteiger partial charge in [-0.25, -0.2) is 0 Å². The van der Waals surface area contributed by atoms with Crippen LogP contribution in [-0.4, -0.2) is 37.2 Å². The zero-order valence-corrected chi connectivity index (χ0v) is 21.2. The Balaban J connectivity index is 1.50. The average molecular weight is 438 g/mol. The van der Waals surface area contributed by atoms with Gasteiger partial charge in [0.05, 0.1) is 33.3 Å². The van der Waals surface area contributed by atoms with Crippen molar-refractivity contribution in [3.05, 3.63) is 41.5 Å². The summed E-state index contributed by atoms with van der Waals surface area (Å²) in [7, 11) is 6.71. The van der Waals surface area contributed by atoms with Crippen LogP contribution in [0.1, 0.15) is 82.3 Å². The van der Waals surface area contributed by atoms with E-state index in [1.54, 1.807) is 0 Å². The Labute approximate surface area is 195 Å². The second kappa shape index (κ2) is 11.7. The summed E-state index contributed by atoms with van der Waals surface area (Å²) in [6.45, 7) is 6.30. The molecule has 0 unspecified atom stereocenters. The molecule has 3 nitrogen and oxygen atoms in total. The monoisotopic (exact) mass is 437 g/mol. The number of nitrogens with zero attached hydrogens (tertiary/aromatic N) is 1. The van der Waals surface area contributed by atoms with Crippen LogP contribution in [0.4, 0.5) is 0 Å². The number of aryl methyl sites for hydroxylation is 1. The number of aromatic nitrogens is 1. The molecule has 2 aromatic carbocycles. The first-order valence-corrected chi connectivity index (χ1v) is 12.9. The molecule has 32 heavy (non-hydrogen) atoms. The van der Waals surface area contributed by atoms with Crippen molar-refractivity contribution in [2.75, 3.05) is 27.7 Å². The number of unbranched alkanes of at least 4 members (excludes halogenated alkanes) is 9. The minimum absolute atomic E-state index is 0.816. The molecule has 0 spiro atoms. The van der Waals surface area contributed by atoms with Crippen LogP contribution in [0.2, 0.25) is 0 Å². The standard InChI is InChI=1S/C29H45N2O/c1-6-7-8-9-10-11-12-13-14-15-18-32-29-21-28-25(19-23(29)2)26-20-24(22-31(3,4)5)16-17-27(26)30-28/h16-17,19-21,30H,6-15,18,22H2,1-5H3/q+1. The smallest absolute Gasteiger partial charge is 0.124 e. The fourth-order valence-corrected chi connectivity index (χ4v) is 4.66. The van der Waals surface area contributed by atoms with Crippen LogP contribution in [0.15, 0.2) is 30.3 Å². The van der Waals surface area contributed by atoms with E-state index in [-0.39, 0.29) is 0 Å². The summed E-state index contributed by atoms with van der Waals surface area (Å²) < 4.78 is 7.11. The molecular weight excluding hydrogens is 392 g/mol. The highest BCUT2D eigenvalue weighted by Gasteiger charge is 2.13. The molecule has 176 valence electrons. The molecule has 0 aliphatic heterocycles. The number of H-pyrrole nitrogens is 1. The fraction of sp³-hybridized carbons (Fsp3) is 0.586. The maximum Gasteiger partial charge on any atom is 0.124 e. The summed E-state index contributed by atoms with van der Waals surface area (Å²) in [5.74, 6) is 1.02. The molecule has 0 aliphatic rings. The molecule has 0 bridgehead atoms. The van der Waals surface area contributed by atoms with Crippen LogP contribution in [0.3, 0.4) is 0 Å². The van der Waals surface area contributed by atoms with Crippen molar-refractivity contribution in [2.24, 2.45) is 0 Å². The van der Waals surface area contributed by atoms with Crippen LogP contribution in [0.5, 0.6) is 5.75 Å². The largest absolute Gasteiger partial charge is 0.493 e. The van der Waals surface area contributed by atoms with Crippen molar-refractivity contribution in [3.63, 3.8) is 0 Å². The van der Waals surface area contributed by atoms with Crippen molar-refractivity contribution in [1.29, 1.82) is 0 Å². The molecule has 0 radical (unpaired) electrons. The first kappa shape index (κ1) is 24.6. The van der Waals surface area contributed by atoms with E-state index in [4.69, 9.17) is 4.74 Å². The molecule has 0 saturated carbocycles. The molecule has 0 aliphatic carbocycles. The highest BCUT2D eigenvalue weighted by molar-refractivity contribution is 6.08. The number of aromatic amines is 1. The van der Waals surface area contributed by atoms with Gasteiger partial charge in [-0.3, -0.25) is 0 Å². The number of ether oxygens (including phenoxy) is 1. The van der Waals surface area contributed by atoms with Gasteiger partial charge in [0.25, 0.3) is 0 Å². The van der Waals surface area contributed by atoms with Crippen molar-refractivity contribution in [2.45, 2.75) is 84.6 Å². The van der Waals surface area contributed by atoms with E-state index >= 15 is 0 Å². The topological polar surface area (TPSA) is 25.0 Å². The Morgan fingerprint density at radius 2 is 1.38 bits per heavy atom. The highest BCUT2D eigenvalue weighted by atomic mass is 16.5. The van der Waals surface area contributed by atoms with Gasteiger partial charge in [-0.15, -0.1) is 0 Å². The van der Waals surface area contributed by atoms with Crippen LogP contribution in [0.25, 0.3) is 21.8 Å². The Hall–Kier alpha value is -2.00. The number of hydrogen-bond donors (Lipinski definition) is 1. The van der Waals surface area contributed by atoms with Gasteiger partial charge in [0.15, 0.2) is 0 Å². The maximum absolute atomic E-state index is 6.18. The zero-order valence-electron chi connectivity index (χ0n) is 21.2. The number of quaternary nitrogens is 1. The second-order valence-corrected chi connectivity index (χ2v) is 10.6. The summed E-state index contributed by atoms with van der Waals surface area (Å²) in [5, 5.41) is 2.61. The summed E-state index contributed by atoms with van der Waals surface area (Å²) in [6, 6.07) is 11.3.